The van der Waals surface area contributed by atoms with Crippen molar-refractivity contribution in [2.45, 2.75) is 13.3 Å². The second-order valence-corrected chi connectivity index (χ2v) is 3.04. The Morgan fingerprint density at radius 1 is 1.41 bits per heavy atom. The normalized spacial score (nSPS) is 11.1. The summed E-state index contributed by atoms with van der Waals surface area (Å²) in [7, 11) is 1.01. The van der Waals surface area contributed by atoms with Gasteiger partial charge in [0, 0.05) is 6.07 Å². The number of aryl methyl sites for hydroxylation is 1. The summed E-state index contributed by atoms with van der Waals surface area (Å²) in [5, 5.41) is 0. The van der Waals surface area contributed by atoms with E-state index < -0.39 is 29.2 Å². The van der Waals surface area contributed by atoms with Crippen LogP contribution in [0.25, 0.3) is 0 Å². The highest BCUT2D eigenvalue weighted by molar-refractivity contribution is 5.89. The van der Waals surface area contributed by atoms with Gasteiger partial charge in [-0.25, -0.2) is 4.79 Å². The zero-order valence-corrected chi connectivity index (χ0v) is 8.84. The molecule has 0 spiro atoms. The lowest BCUT2D eigenvalue weighted by atomic mass is 10.2. The number of carbonyl (C=O) groups is 1. The Morgan fingerprint density at radius 2 is 2.00 bits per heavy atom. The molecule has 17 heavy (non-hydrogen) atoms. The van der Waals surface area contributed by atoms with Crippen molar-refractivity contribution in [3.05, 3.63) is 27.7 Å². The molecule has 0 amide bonds. The van der Waals surface area contributed by atoms with E-state index in [4.69, 9.17) is 0 Å². The van der Waals surface area contributed by atoms with Crippen molar-refractivity contribution in [3.8, 4) is 5.75 Å². The van der Waals surface area contributed by atoms with E-state index >= 15 is 0 Å². The molecule has 0 radical (unpaired) electrons. The molecule has 0 unspecified atom stereocenters. The Morgan fingerprint density at radius 3 is 2.47 bits per heavy atom. The molecular weight excluding hydrogens is 243 g/mol. The minimum Gasteiger partial charge on any atom is -0.465 e. The first-order valence-corrected chi connectivity index (χ1v) is 4.32. The molecular formula is C9H8F3NO4. The largest absolute Gasteiger partial charge is 0.573 e. The van der Waals surface area contributed by atoms with Crippen LogP contribution in [0.5, 0.6) is 5.75 Å². The standard InChI is InChI=1S/C9H8F3NO4/c1-4-6(17-9(10,11)12)3-5(7(14)13-4)8(15)16-2/h3H,1-2H3,(H,13,14). The summed E-state index contributed by atoms with van der Waals surface area (Å²) in [5.41, 5.74) is -1.54. The van der Waals surface area contributed by atoms with E-state index in [1.807, 2.05) is 0 Å². The molecule has 1 heterocycles. The van der Waals surface area contributed by atoms with E-state index in [2.05, 4.69) is 14.5 Å². The molecule has 0 bridgehead atoms. The number of hydrogen-bond donors (Lipinski definition) is 1. The van der Waals surface area contributed by atoms with Crippen LogP contribution in [0.15, 0.2) is 10.9 Å². The quantitative estimate of drug-likeness (QED) is 0.806. The van der Waals surface area contributed by atoms with Crippen LogP contribution in [0.4, 0.5) is 13.2 Å². The summed E-state index contributed by atoms with van der Waals surface area (Å²) < 4.78 is 43.9. The predicted octanol–water partition coefficient (Wildman–Crippen LogP) is 1.37. The number of aromatic amines is 1. The van der Waals surface area contributed by atoms with Gasteiger partial charge >= 0.3 is 12.3 Å². The topological polar surface area (TPSA) is 68.4 Å². The summed E-state index contributed by atoms with van der Waals surface area (Å²) in [6, 6.07) is 0.688. The van der Waals surface area contributed by atoms with Gasteiger partial charge < -0.3 is 14.5 Å². The highest BCUT2D eigenvalue weighted by Gasteiger charge is 2.32. The highest BCUT2D eigenvalue weighted by Crippen LogP contribution is 2.24. The van der Waals surface area contributed by atoms with E-state index in [9.17, 15) is 22.8 Å². The number of halogens is 3. The van der Waals surface area contributed by atoms with Gasteiger partial charge in [-0.05, 0) is 6.92 Å². The van der Waals surface area contributed by atoms with Crippen molar-refractivity contribution in [2.24, 2.45) is 0 Å². The molecule has 0 aromatic carbocycles. The van der Waals surface area contributed by atoms with Crippen LogP contribution in [0, 0.1) is 6.92 Å². The van der Waals surface area contributed by atoms with Crippen molar-refractivity contribution in [3.63, 3.8) is 0 Å². The Bertz CT molecular complexity index is 492. The molecule has 0 saturated heterocycles. The molecule has 0 aliphatic rings. The van der Waals surface area contributed by atoms with E-state index in [-0.39, 0.29) is 5.69 Å². The molecule has 1 N–H and O–H groups in total. The van der Waals surface area contributed by atoms with Crippen molar-refractivity contribution < 1.29 is 27.4 Å². The molecule has 1 aromatic heterocycles. The fourth-order valence-electron chi connectivity index (χ4n) is 1.10. The maximum absolute atomic E-state index is 12.0. The number of rotatable bonds is 2. The monoisotopic (exact) mass is 251 g/mol. The molecule has 0 aliphatic carbocycles. The number of alkyl halides is 3. The molecule has 0 saturated carbocycles. The maximum atomic E-state index is 12.0. The van der Waals surface area contributed by atoms with Crippen molar-refractivity contribution in [1.82, 2.24) is 4.98 Å². The first kappa shape index (κ1) is 13.1. The van der Waals surface area contributed by atoms with E-state index in [1.54, 1.807) is 0 Å². The predicted molar refractivity (Wildman–Crippen MR) is 49.8 cm³/mol. The van der Waals surface area contributed by atoms with E-state index in [1.165, 1.54) is 6.92 Å². The Labute approximate surface area is 93.2 Å². The van der Waals surface area contributed by atoms with E-state index in [0.717, 1.165) is 7.11 Å². The minimum atomic E-state index is -4.91. The van der Waals surface area contributed by atoms with Gasteiger partial charge in [0.15, 0.2) is 0 Å². The number of H-pyrrole nitrogens is 1. The van der Waals surface area contributed by atoms with Gasteiger partial charge in [-0.1, -0.05) is 0 Å². The number of ether oxygens (including phenoxy) is 2. The highest BCUT2D eigenvalue weighted by atomic mass is 19.4. The third-order valence-corrected chi connectivity index (χ3v) is 1.82. The maximum Gasteiger partial charge on any atom is 0.573 e. The number of methoxy groups -OCH3 is 1. The molecule has 0 aliphatic heterocycles. The Hall–Kier alpha value is -1.99. The summed E-state index contributed by atoms with van der Waals surface area (Å²) in [6.07, 6.45) is -4.91. The zero-order chi connectivity index (χ0) is 13.2. The number of aromatic nitrogens is 1. The molecule has 0 atom stereocenters. The number of pyridine rings is 1. The SMILES string of the molecule is COC(=O)c1cc(OC(F)(F)F)c(C)[nH]c1=O. The fourth-order valence-corrected chi connectivity index (χ4v) is 1.10. The fraction of sp³-hybridized carbons (Fsp3) is 0.333. The van der Waals surface area contributed by atoms with Gasteiger partial charge in [-0.2, -0.15) is 0 Å². The van der Waals surface area contributed by atoms with Gasteiger partial charge in [0.1, 0.15) is 11.3 Å². The summed E-state index contributed by atoms with van der Waals surface area (Å²) in [5.74, 6) is -1.70. The van der Waals surface area contributed by atoms with Gasteiger partial charge in [-0.15, -0.1) is 13.2 Å². The minimum absolute atomic E-state index is 0.139. The smallest absolute Gasteiger partial charge is 0.465 e. The molecule has 1 rings (SSSR count). The number of nitrogens with one attached hydrogen (secondary N) is 1. The van der Waals surface area contributed by atoms with Crippen LogP contribution in [0.1, 0.15) is 16.1 Å². The first-order chi connectivity index (χ1) is 7.74. The average Bonchev–Trinajstić information content (AvgIpc) is 2.19. The van der Waals surface area contributed by atoms with Gasteiger partial charge in [-0.3, -0.25) is 4.79 Å². The van der Waals surface area contributed by atoms with Gasteiger partial charge in [0.2, 0.25) is 0 Å². The Kier molecular flexibility index (Phi) is 3.45. The van der Waals surface area contributed by atoms with Crippen molar-refractivity contribution >= 4 is 5.97 Å². The lowest BCUT2D eigenvalue weighted by Crippen LogP contribution is -2.23. The first-order valence-electron chi connectivity index (χ1n) is 4.32. The molecule has 94 valence electrons. The number of hydrogen-bond acceptors (Lipinski definition) is 4. The second-order valence-electron chi connectivity index (χ2n) is 3.04. The van der Waals surface area contributed by atoms with Crippen LogP contribution in [-0.2, 0) is 4.74 Å². The van der Waals surface area contributed by atoms with Crippen LogP contribution in [-0.4, -0.2) is 24.4 Å². The van der Waals surface area contributed by atoms with Gasteiger partial charge in [0.05, 0.1) is 12.8 Å². The van der Waals surface area contributed by atoms with Crippen molar-refractivity contribution in [1.29, 1.82) is 0 Å². The number of carbonyl (C=O) groups excluding carboxylic acids is 1. The molecule has 0 fully saturated rings. The molecule has 8 heteroatoms. The lowest BCUT2D eigenvalue weighted by molar-refractivity contribution is -0.275. The van der Waals surface area contributed by atoms with E-state index in [0.29, 0.717) is 6.07 Å². The third-order valence-electron chi connectivity index (χ3n) is 1.82. The zero-order valence-electron chi connectivity index (χ0n) is 8.84. The summed E-state index contributed by atoms with van der Waals surface area (Å²) >= 11 is 0. The lowest BCUT2D eigenvalue weighted by Gasteiger charge is -2.11. The van der Waals surface area contributed by atoms with Crippen LogP contribution in [0.2, 0.25) is 0 Å². The van der Waals surface area contributed by atoms with Crippen LogP contribution >= 0.6 is 0 Å². The van der Waals surface area contributed by atoms with Crippen LogP contribution in [0.3, 0.4) is 0 Å². The second kappa shape index (κ2) is 4.48. The molecule has 1 aromatic rings. The average molecular weight is 251 g/mol. The Balaban J connectivity index is 3.24. The van der Waals surface area contributed by atoms with Gasteiger partial charge in [0.25, 0.3) is 5.56 Å². The summed E-state index contributed by atoms with van der Waals surface area (Å²) in [6.45, 7) is 1.21. The third kappa shape index (κ3) is 3.23. The summed E-state index contributed by atoms with van der Waals surface area (Å²) in [4.78, 5) is 24.4. The van der Waals surface area contributed by atoms with Crippen molar-refractivity contribution in [2.75, 3.05) is 7.11 Å². The van der Waals surface area contributed by atoms with Crippen LogP contribution < -0.4 is 10.3 Å². The number of esters is 1. The molecule has 5 nitrogen and oxygen atoms in total.